The first-order chi connectivity index (χ1) is 7.79. The Bertz CT molecular complexity index is 388. The van der Waals surface area contributed by atoms with Gasteiger partial charge in [0.15, 0.2) is 0 Å². The summed E-state index contributed by atoms with van der Waals surface area (Å²) in [5.41, 5.74) is 9.55. The highest BCUT2D eigenvalue weighted by Gasteiger charge is 2.30. The van der Waals surface area contributed by atoms with Crippen molar-refractivity contribution in [1.29, 1.82) is 0 Å². The molecular formula is C11H14N4O. The molecule has 2 unspecified atom stereocenters. The van der Waals surface area contributed by atoms with Gasteiger partial charge in [0.2, 0.25) is 0 Å². The third-order valence-corrected chi connectivity index (χ3v) is 2.78. The van der Waals surface area contributed by atoms with E-state index in [1.54, 1.807) is 0 Å². The summed E-state index contributed by atoms with van der Waals surface area (Å²) in [6.45, 7) is 1.98. The lowest BCUT2D eigenvalue weighted by atomic mass is 10.2. The van der Waals surface area contributed by atoms with E-state index in [0.29, 0.717) is 13.1 Å². The molecule has 1 aromatic rings. The molecule has 1 fully saturated rings. The number of azide groups is 1. The largest absolute Gasteiger partial charge is 0.391 e. The lowest BCUT2D eigenvalue weighted by Gasteiger charge is -2.14. The van der Waals surface area contributed by atoms with Crippen LogP contribution in [0, 0.1) is 0 Å². The van der Waals surface area contributed by atoms with Crippen LogP contribution in [-0.4, -0.2) is 35.2 Å². The van der Waals surface area contributed by atoms with Crippen LogP contribution in [0.15, 0.2) is 35.4 Å². The van der Waals surface area contributed by atoms with Crippen molar-refractivity contribution in [2.45, 2.75) is 18.7 Å². The monoisotopic (exact) mass is 218 g/mol. The summed E-state index contributed by atoms with van der Waals surface area (Å²) in [6.07, 6.45) is -0.542. The van der Waals surface area contributed by atoms with Crippen LogP contribution in [0.1, 0.15) is 5.56 Å². The van der Waals surface area contributed by atoms with Gasteiger partial charge in [-0.05, 0) is 11.1 Å². The Morgan fingerprint density at radius 2 is 2.12 bits per heavy atom. The number of benzene rings is 1. The molecule has 0 amide bonds. The van der Waals surface area contributed by atoms with E-state index in [-0.39, 0.29) is 6.04 Å². The van der Waals surface area contributed by atoms with Crippen molar-refractivity contribution in [1.82, 2.24) is 4.90 Å². The molecule has 2 atom stereocenters. The molecule has 0 saturated carbocycles. The van der Waals surface area contributed by atoms with E-state index in [2.05, 4.69) is 14.9 Å². The Morgan fingerprint density at radius 1 is 1.38 bits per heavy atom. The fourth-order valence-corrected chi connectivity index (χ4v) is 2.00. The fourth-order valence-electron chi connectivity index (χ4n) is 2.00. The van der Waals surface area contributed by atoms with E-state index in [4.69, 9.17) is 5.53 Å². The first-order valence-corrected chi connectivity index (χ1v) is 5.28. The van der Waals surface area contributed by atoms with Gasteiger partial charge in [0, 0.05) is 24.5 Å². The predicted octanol–water partition coefficient (Wildman–Crippen LogP) is 1.54. The number of hydrogen-bond acceptors (Lipinski definition) is 3. The minimum absolute atomic E-state index is 0.311. The van der Waals surface area contributed by atoms with Crippen molar-refractivity contribution in [3.63, 3.8) is 0 Å². The lowest BCUT2D eigenvalue weighted by molar-refractivity contribution is 0.164. The van der Waals surface area contributed by atoms with Gasteiger partial charge < -0.3 is 5.11 Å². The summed E-state index contributed by atoms with van der Waals surface area (Å²) >= 11 is 0. The quantitative estimate of drug-likeness (QED) is 0.475. The van der Waals surface area contributed by atoms with Crippen LogP contribution in [0.5, 0.6) is 0 Å². The van der Waals surface area contributed by atoms with Crippen LogP contribution in [0.3, 0.4) is 0 Å². The van der Waals surface area contributed by atoms with Crippen LogP contribution in [0.4, 0.5) is 0 Å². The number of aliphatic hydroxyl groups is 1. The second-order valence-corrected chi connectivity index (χ2v) is 4.02. The van der Waals surface area contributed by atoms with Gasteiger partial charge in [0.25, 0.3) is 0 Å². The molecule has 1 aliphatic rings. The van der Waals surface area contributed by atoms with Crippen LogP contribution < -0.4 is 0 Å². The summed E-state index contributed by atoms with van der Waals surface area (Å²) in [5.74, 6) is 0. The van der Waals surface area contributed by atoms with Crippen molar-refractivity contribution in [3.05, 3.63) is 46.3 Å². The Hall–Kier alpha value is -1.55. The zero-order valence-electron chi connectivity index (χ0n) is 8.90. The molecule has 1 N–H and O–H groups in total. The molecule has 1 saturated heterocycles. The maximum Gasteiger partial charge on any atom is 0.0773 e. The summed E-state index contributed by atoms with van der Waals surface area (Å²) in [4.78, 5) is 4.84. The zero-order chi connectivity index (χ0) is 11.4. The smallest absolute Gasteiger partial charge is 0.0773 e. The number of β-amino-alcohol motifs (C(OH)–C–C–N with tert-alkyl or cyclic N) is 1. The van der Waals surface area contributed by atoms with Gasteiger partial charge in [0.1, 0.15) is 0 Å². The highest BCUT2D eigenvalue weighted by atomic mass is 16.3. The normalized spacial score (nSPS) is 25.3. The van der Waals surface area contributed by atoms with Crippen molar-refractivity contribution >= 4 is 0 Å². The van der Waals surface area contributed by atoms with E-state index < -0.39 is 6.10 Å². The molecule has 5 nitrogen and oxygen atoms in total. The highest BCUT2D eigenvalue weighted by molar-refractivity contribution is 5.14. The van der Waals surface area contributed by atoms with Gasteiger partial charge in [-0.2, -0.15) is 0 Å². The van der Waals surface area contributed by atoms with Gasteiger partial charge in [-0.15, -0.1) is 0 Å². The lowest BCUT2D eigenvalue weighted by Crippen LogP contribution is -2.21. The second-order valence-electron chi connectivity index (χ2n) is 4.02. The minimum atomic E-state index is -0.542. The molecule has 16 heavy (non-hydrogen) atoms. The molecule has 1 aromatic carbocycles. The highest BCUT2D eigenvalue weighted by Crippen LogP contribution is 2.16. The number of hydrogen-bond donors (Lipinski definition) is 1. The van der Waals surface area contributed by atoms with Crippen LogP contribution >= 0.6 is 0 Å². The van der Waals surface area contributed by atoms with Crippen molar-refractivity contribution in [2.75, 3.05) is 13.1 Å². The average molecular weight is 218 g/mol. The van der Waals surface area contributed by atoms with E-state index in [1.165, 1.54) is 5.56 Å². The standard InChI is InChI=1S/C11H14N4O/c12-14-13-10-7-15(8-11(10)16)6-9-4-2-1-3-5-9/h1-5,10-11,16H,6-8H2. The average Bonchev–Trinajstić information content (AvgIpc) is 2.61. The molecule has 84 valence electrons. The molecular weight excluding hydrogens is 204 g/mol. The number of rotatable bonds is 3. The Balaban J connectivity index is 1.96. The Morgan fingerprint density at radius 3 is 2.81 bits per heavy atom. The minimum Gasteiger partial charge on any atom is -0.391 e. The molecule has 0 radical (unpaired) electrons. The van der Waals surface area contributed by atoms with Gasteiger partial charge in [0.05, 0.1) is 12.1 Å². The predicted molar refractivity (Wildman–Crippen MR) is 60.7 cm³/mol. The fraction of sp³-hybridized carbons (Fsp3) is 0.455. The van der Waals surface area contributed by atoms with Crippen LogP contribution in [-0.2, 0) is 6.54 Å². The van der Waals surface area contributed by atoms with Crippen molar-refractivity contribution in [3.8, 4) is 0 Å². The zero-order valence-corrected chi connectivity index (χ0v) is 8.90. The van der Waals surface area contributed by atoms with Crippen LogP contribution in [0.2, 0.25) is 0 Å². The molecule has 0 bridgehead atoms. The van der Waals surface area contributed by atoms with Gasteiger partial charge in [-0.3, -0.25) is 4.90 Å². The molecule has 1 heterocycles. The van der Waals surface area contributed by atoms with Gasteiger partial charge in [-0.25, -0.2) is 0 Å². The summed E-state index contributed by atoms with van der Waals surface area (Å²) < 4.78 is 0. The first-order valence-electron chi connectivity index (χ1n) is 5.28. The third-order valence-electron chi connectivity index (χ3n) is 2.78. The van der Waals surface area contributed by atoms with Gasteiger partial charge >= 0.3 is 0 Å². The number of likely N-dealkylation sites (tertiary alicyclic amines) is 1. The van der Waals surface area contributed by atoms with E-state index in [1.807, 2.05) is 30.3 Å². The van der Waals surface area contributed by atoms with Crippen molar-refractivity contribution < 1.29 is 5.11 Å². The number of nitrogens with zero attached hydrogens (tertiary/aromatic N) is 4. The molecule has 0 spiro atoms. The van der Waals surface area contributed by atoms with E-state index >= 15 is 0 Å². The first kappa shape index (κ1) is 11.0. The topological polar surface area (TPSA) is 72.2 Å². The van der Waals surface area contributed by atoms with E-state index in [0.717, 1.165) is 6.54 Å². The number of aliphatic hydroxyl groups excluding tert-OH is 1. The summed E-state index contributed by atoms with van der Waals surface area (Å²) in [6, 6.07) is 9.75. The molecule has 0 aliphatic carbocycles. The Labute approximate surface area is 93.9 Å². The second kappa shape index (κ2) is 4.99. The summed E-state index contributed by atoms with van der Waals surface area (Å²) in [7, 11) is 0. The molecule has 1 aliphatic heterocycles. The maximum absolute atomic E-state index is 9.66. The molecule has 0 aromatic heterocycles. The van der Waals surface area contributed by atoms with Gasteiger partial charge in [-0.1, -0.05) is 35.4 Å². The van der Waals surface area contributed by atoms with Crippen LogP contribution in [0.25, 0.3) is 10.4 Å². The molecule has 5 heteroatoms. The third kappa shape index (κ3) is 2.52. The van der Waals surface area contributed by atoms with E-state index in [9.17, 15) is 5.11 Å². The summed E-state index contributed by atoms with van der Waals surface area (Å²) in [5, 5.41) is 13.2. The molecule has 2 rings (SSSR count). The maximum atomic E-state index is 9.66. The SMILES string of the molecule is [N-]=[N+]=NC1CN(Cc2ccccc2)CC1O. The van der Waals surface area contributed by atoms with Crippen molar-refractivity contribution in [2.24, 2.45) is 5.11 Å². The Kier molecular flexibility index (Phi) is 3.41.